The van der Waals surface area contributed by atoms with E-state index in [-0.39, 0.29) is 11.7 Å². The number of carbonyl (C=O) groups excluding carboxylic acids is 1. The van der Waals surface area contributed by atoms with Crippen LogP contribution in [-0.4, -0.2) is 10.9 Å². The van der Waals surface area contributed by atoms with Crippen LogP contribution in [0, 0.1) is 5.82 Å². The highest BCUT2D eigenvalue weighted by atomic mass is 79.9. The second-order valence-corrected chi connectivity index (χ2v) is 6.61. The summed E-state index contributed by atoms with van der Waals surface area (Å²) >= 11 is 4.68. The number of nitrogens with zero attached hydrogens (tertiary/aromatic N) is 1. The fraction of sp³-hybridized carbons (Fsp3) is 0.200. The Balaban J connectivity index is 1.64. The van der Waals surface area contributed by atoms with Gasteiger partial charge in [0.25, 0.3) is 0 Å². The average molecular weight is 367 g/mol. The molecule has 6 heteroatoms. The molecule has 3 rings (SSSR count). The smallest absolute Gasteiger partial charge is 0.250 e. The Kier molecular flexibility index (Phi) is 4.17. The van der Waals surface area contributed by atoms with E-state index in [0.29, 0.717) is 16.6 Å². The van der Waals surface area contributed by atoms with Gasteiger partial charge >= 0.3 is 0 Å². The summed E-state index contributed by atoms with van der Waals surface area (Å²) in [5.74, 6) is -0.114. The van der Waals surface area contributed by atoms with E-state index in [1.165, 1.54) is 42.4 Å². The van der Waals surface area contributed by atoms with Gasteiger partial charge in [-0.3, -0.25) is 10.1 Å². The number of aromatic nitrogens is 1. The Hall–Kier alpha value is -1.53. The Morgan fingerprint density at radius 3 is 3.05 bits per heavy atom. The molecule has 1 saturated carbocycles. The quantitative estimate of drug-likeness (QED) is 0.805. The van der Waals surface area contributed by atoms with Crippen LogP contribution in [0.3, 0.4) is 0 Å². The minimum absolute atomic E-state index is 0.314. The molecule has 1 aromatic carbocycles. The standard InChI is InChI=1S/C15H12BrFN2OS/c16-11-4-5-12(17)10(7-11)3-6-14(20)19-15-18-13(8-21-15)9-1-2-9/h3-9H,1-2H2,(H,18,19,20). The summed E-state index contributed by atoms with van der Waals surface area (Å²) in [6, 6.07) is 4.58. The topological polar surface area (TPSA) is 42.0 Å². The lowest BCUT2D eigenvalue weighted by molar-refractivity contribution is -0.111. The van der Waals surface area contributed by atoms with E-state index in [1.807, 2.05) is 5.38 Å². The van der Waals surface area contributed by atoms with Gasteiger partial charge in [-0.15, -0.1) is 11.3 Å². The first-order chi connectivity index (χ1) is 10.1. The van der Waals surface area contributed by atoms with Gasteiger partial charge in [0.05, 0.1) is 5.69 Å². The third kappa shape index (κ3) is 3.77. The number of hydrogen-bond acceptors (Lipinski definition) is 3. The minimum atomic E-state index is -0.368. The fourth-order valence-corrected chi connectivity index (χ4v) is 3.04. The van der Waals surface area contributed by atoms with Gasteiger partial charge in [0.15, 0.2) is 5.13 Å². The number of nitrogens with one attached hydrogen (secondary N) is 1. The zero-order valence-electron chi connectivity index (χ0n) is 11.0. The average Bonchev–Trinajstić information content (AvgIpc) is 3.21. The summed E-state index contributed by atoms with van der Waals surface area (Å²) in [6.07, 6.45) is 5.12. The summed E-state index contributed by atoms with van der Waals surface area (Å²) in [4.78, 5) is 16.2. The maximum atomic E-state index is 13.5. The molecule has 0 radical (unpaired) electrons. The van der Waals surface area contributed by atoms with Crippen molar-refractivity contribution in [2.24, 2.45) is 0 Å². The van der Waals surface area contributed by atoms with Crippen molar-refractivity contribution in [3.05, 3.63) is 51.2 Å². The molecule has 0 spiro atoms. The second kappa shape index (κ2) is 6.07. The molecule has 0 bridgehead atoms. The number of rotatable bonds is 4. The van der Waals surface area contributed by atoms with Crippen molar-refractivity contribution in [3.8, 4) is 0 Å². The van der Waals surface area contributed by atoms with E-state index >= 15 is 0 Å². The molecule has 0 atom stereocenters. The van der Waals surface area contributed by atoms with E-state index in [9.17, 15) is 9.18 Å². The third-order valence-corrected chi connectivity index (χ3v) is 4.39. The van der Waals surface area contributed by atoms with Crippen LogP contribution in [0.25, 0.3) is 6.08 Å². The molecule has 21 heavy (non-hydrogen) atoms. The van der Waals surface area contributed by atoms with Gasteiger partial charge in [-0.25, -0.2) is 9.37 Å². The molecule has 1 heterocycles. The number of thiazole rings is 1. The number of benzene rings is 1. The van der Waals surface area contributed by atoms with Crippen LogP contribution in [0.4, 0.5) is 9.52 Å². The lowest BCUT2D eigenvalue weighted by Crippen LogP contribution is -2.07. The zero-order chi connectivity index (χ0) is 14.8. The van der Waals surface area contributed by atoms with Crippen molar-refractivity contribution in [3.63, 3.8) is 0 Å². The Bertz CT molecular complexity index is 709. The maximum absolute atomic E-state index is 13.5. The maximum Gasteiger partial charge on any atom is 0.250 e. The lowest BCUT2D eigenvalue weighted by atomic mass is 10.2. The van der Waals surface area contributed by atoms with E-state index in [1.54, 1.807) is 12.1 Å². The van der Waals surface area contributed by atoms with E-state index < -0.39 is 0 Å². The molecule has 2 aromatic rings. The lowest BCUT2D eigenvalue weighted by Gasteiger charge is -1.98. The SMILES string of the molecule is O=C(C=Cc1cc(Br)ccc1F)Nc1nc(C2CC2)cs1. The Morgan fingerprint density at radius 2 is 2.29 bits per heavy atom. The van der Waals surface area contributed by atoms with Crippen LogP contribution in [0.2, 0.25) is 0 Å². The highest BCUT2D eigenvalue weighted by Gasteiger charge is 2.26. The van der Waals surface area contributed by atoms with Crippen molar-refractivity contribution in [1.29, 1.82) is 0 Å². The predicted molar refractivity (Wildman–Crippen MR) is 85.9 cm³/mol. The number of hydrogen-bond donors (Lipinski definition) is 1. The molecule has 1 aliphatic rings. The largest absolute Gasteiger partial charge is 0.298 e. The van der Waals surface area contributed by atoms with Crippen LogP contribution in [-0.2, 0) is 4.79 Å². The van der Waals surface area contributed by atoms with Crippen molar-refractivity contribution in [1.82, 2.24) is 4.98 Å². The van der Waals surface area contributed by atoms with Gasteiger partial charge in [0, 0.05) is 27.4 Å². The van der Waals surface area contributed by atoms with Gasteiger partial charge in [-0.05, 0) is 37.1 Å². The number of anilines is 1. The summed E-state index contributed by atoms with van der Waals surface area (Å²) in [6.45, 7) is 0. The van der Waals surface area contributed by atoms with E-state index in [2.05, 4.69) is 26.2 Å². The molecular weight excluding hydrogens is 355 g/mol. The monoisotopic (exact) mass is 366 g/mol. The van der Waals surface area contributed by atoms with Crippen LogP contribution in [0.15, 0.2) is 34.1 Å². The van der Waals surface area contributed by atoms with Crippen molar-refractivity contribution < 1.29 is 9.18 Å². The van der Waals surface area contributed by atoms with Crippen molar-refractivity contribution in [2.75, 3.05) is 5.32 Å². The first kappa shape index (κ1) is 14.4. The van der Waals surface area contributed by atoms with Gasteiger partial charge in [0.2, 0.25) is 5.91 Å². The van der Waals surface area contributed by atoms with Gasteiger partial charge in [-0.2, -0.15) is 0 Å². The van der Waals surface area contributed by atoms with Crippen LogP contribution < -0.4 is 5.32 Å². The fourth-order valence-electron chi connectivity index (χ4n) is 1.87. The van der Waals surface area contributed by atoms with Crippen LogP contribution in [0.1, 0.15) is 30.0 Å². The van der Waals surface area contributed by atoms with Crippen molar-refractivity contribution in [2.45, 2.75) is 18.8 Å². The molecule has 1 aromatic heterocycles. The zero-order valence-corrected chi connectivity index (χ0v) is 13.4. The highest BCUT2D eigenvalue weighted by molar-refractivity contribution is 9.10. The highest BCUT2D eigenvalue weighted by Crippen LogP contribution is 2.40. The Labute approximate surface area is 134 Å². The molecule has 1 fully saturated rings. The first-order valence-corrected chi connectivity index (χ1v) is 8.18. The molecular formula is C15H12BrFN2OS. The molecule has 1 aliphatic carbocycles. The summed E-state index contributed by atoms with van der Waals surface area (Å²) < 4.78 is 14.3. The summed E-state index contributed by atoms with van der Waals surface area (Å²) in [5.41, 5.74) is 1.41. The molecule has 1 N–H and O–H groups in total. The van der Waals surface area contributed by atoms with Gasteiger partial charge in [0.1, 0.15) is 5.82 Å². The predicted octanol–water partition coefficient (Wildman–Crippen LogP) is 4.57. The minimum Gasteiger partial charge on any atom is -0.298 e. The Morgan fingerprint density at radius 1 is 1.48 bits per heavy atom. The molecule has 3 nitrogen and oxygen atoms in total. The molecule has 0 saturated heterocycles. The number of amides is 1. The number of carbonyl (C=O) groups is 1. The number of halogens is 2. The van der Waals surface area contributed by atoms with Gasteiger partial charge in [-0.1, -0.05) is 15.9 Å². The molecule has 108 valence electrons. The van der Waals surface area contributed by atoms with E-state index in [4.69, 9.17) is 0 Å². The normalized spacial score (nSPS) is 14.6. The van der Waals surface area contributed by atoms with Crippen molar-refractivity contribution >= 4 is 44.4 Å². The molecule has 0 unspecified atom stereocenters. The molecule has 0 aliphatic heterocycles. The van der Waals surface area contributed by atoms with Crippen LogP contribution in [0.5, 0.6) is 0 Å². The third-order valence-electron chi connectivity index (χ3n) is 3.12. The van der Waals surface area contributed by atoms with Gasteiger partial charge < -0.3 is 0 Å². The van der Waals surface area contributed by atoms with Crippen LogP contribution >= 0.6 is 27.3 Å². The first-order valence-electron chi connectivity index (χ1n) is 6.51. The summed E-state index contributed by atoms with van der Waals surface area (Å²) in [5, 5.41) is 5.26. The molecule has 1 amide bonds. The van der Waals surface area contributed by atoms with E-state index in [0.717, 1.165) is 10.2 Å². The second-order valence-electron chi connectivity index (χ2n) is 4.84. The summed E-state index contributed by atoms with van der Waals surface area (Å²) in [7, 11) is 0.